The summed E-state index contributed by atoms with van der Waals surface area (Å²) >= 11 is 9.65. The maximum absolute atomic E-state index is 6.20. The topological polar surface area (TPSA) is 30.7 Å². The van der Waals surface area contributed by atoms with Crippen molar-refractivity contribution in [3.05, 3.63) is 50.2 Å². The molecule has 0 aromatic carbocycles. The van der Waals surface area contributed by atoms with Gasteiger partial charge in [-0.1, -0.05) is 40.2 Å². The van der Waals surface area contributed by atoms with Crippen LogP contribution in [0.2, 0.25) is 5.02 Å². The van der Waals surface area contributed by atoms with Crippen molar-refractivity contribution in [2.75, 3.05) is 0 Å². The zero-order chi connectivity index (χ0) is 14.0. The largest absolute Gasteiger partial charge is 0.233 e. The summed E-state index contributed by atoms with van der Waals surface area (Å²) in [5.74, 6) is 0.610. The molecule has 2 heterocycles. The Morgan fingerprint density at radius 3 is 2.89 bits per heavy atom. The van der Waals surface area contributed by atoms with Gasteiger partial charge >= 0.3 is 0 Å². The lowest BCUT2D eigenvalue weighted by molar-refractivity contribution is 0.817. The smallest absolute Gasteiger partial charge is 0.173 e. The van der Waals surface area contributed by atoms with Gasteiger partial charge in [0.1, 0.15) is 0 Å². The van der Waals surface area contributed by atoms with E-state index < -0.39 is 0 Å². The highest BCUT2D eigenvalue weighted by Crippen LogP contribution is 2.16. The van der Waals surface area contributed by atoms with Crippen LogP contribution in [-0.4, -0.2) is 14.8 Å². The summed E-state index contributed by atoms with van der Waals surface area (Å²) in [5.41, 5.74) is 0.886. The molecule has 0 aliphatic carbocycles. The summed E-state index contributed by atoms with van der Waals surface area (Å²) in [7, 11) is 0. The third-order valence-corrected chi connectivity index (χ3v) is 3.59. The van der Waals surface area contributed by atoms with Crippen molar-refractivity contribution in [2.45, 2.75) is 13.8 Å². The van der Waals surface area contributed by atoms with Crippen LogP contribution >= 0.6 is 27.5 Å². The summed E-state index contributed by atoms with van der Waals surface area (Å²) < 4.78 is 2.64. The second kappa shape index (κ2) is 5.72. The van der Waals surface area contributed by atoms with E-state index >= 15 is 0 Å². The van der Waals surface area contributed by atoms with Crippen LogP contribution in [0.1, 0.15) is 12.6 Å². The van der Waals surface area contributed by atoms with Crippen molar-refractivity contribution in [2.24, 2.45) is 0 Å². The first-order valence-electron chi connectivity index (χ1n) is 5.73. The minimum Gasteiger partial charge on any atom is -0.233 e. The number of aryl methyl sites for hydroxylation is 1. The van der Waals surface area contributed by atoms with Crippen LogP contribution in [0.4, 0.5) is 0 Å². The van der Waals surface area contributed by atoms with Gasteiger partial charge in [-0.05, 0) is 32.1 Å². The van der Waals surface area contributed by atoms with E-state index in [4.69, 9.17) is 11.6 Å². The van der Waals surface area contributed by atoms with Crippen molar-refractivity contribution in [3.63, 3.8) is 0 Å². The van der Waals surface area contributed by atoms with Gasteiger partial charge in [-0.15, -0.1) is 0 Å². The quantitative estimate of drug-likeness (QED) is 0.843. The van der Waals surface area contributed by atoms with Gasteiger partial charge in [-0.3, -0.25) is 0 Å². The van der Waals surface area contributed by atoms with Crippen LogP contribution in [-0.2, 0) is 0 Å². The minimum atomic E-state index is 0.556. The highest BCUT2D eigenvalue weighted by atomic mass is 79.9. The summed E-state index contributed by atoms with van der Waals surface area (Å²) in [6.07, 6.45) is 5.58. The lowest BCUT2D eigenvalue weighted by Gasteiger charge is -2.05. The van der Waals surface area contributed by atoms with Gasteiger partial charge in [0, 0.05) is 15.4 Å². The van der Waals surface area contributed by atoms with Crippen LogP contribution in [0, 0.1) is 6.92 Å². The molecular weight excluding hydrogens is 326 g/mol. The van der Waals surface area contributed by atoms with E-state index in [2.05, 4.69) is 32.6 Å². The van der Waals surface area contributed by atoms with Gasteiger partial charge in [-0.2, -0.15) is 5.10 Å². The molecule has 0 unspecified atom stereocenters. The van der Waals surface area contributed by atoms with E-state index in [1.807, 2.05) is 38.1 Å². The molecule has 2 aromatic rings. The maximum Gasteiger partial charge on any atom is 0.173 e. The van der Waals surface area contributed by atoms with Crippen LogP contribution < -0.4 is 10.6 Å². The normalized spacial score (nSPS) is 13.1. The summed E-state index contributed by atoms with van der Waals surface area (Å²) in [6.45, 7) is 7.84. The Balaban J connectivity index is 2.75. The van der Waals surface area contributed by atoms with Gasteiger partial charge in [0.15, 0.2) is 5.82 Å². The maximum atomic E-state index is 6.20. The van der Waals surface area contributed by atoms with E-state index in [-0.39, 0.29) is 0 Å². The second-order valence-electron chi connectivity index (χ2n) is 4.04. The molecule has 0 aliphatic heterocycles. The van der Waals surface area contributed by atoms with E-state index in [9.17, 15) is 0 Å². The van der Waals surface area contributed by atoms with E-state index in [0.717, 1.165) is 20.7 Å². The highest BCUT2D eigenvalue weighted by Gasteiger charge is 2.07. The monoisotopic (exact) mass is 337 g/mol. The van der Waals surface area contributed by atoms with Crippen molar-refractivity contribution in [3.8, 4) is 5.82 Å². The van der Waals surface area contributed by atoms with Crippen LogP contribution in [0.3, 0.4) is 0 Å². The zero-order valence-corrected chi connectivity index (χ0v) is 13.0. The molecule has 0 saturated carbocycles. The number of rotatable bonds is 2. The molecule has 2 rings (SSSR count). The van der Waals surface area contributed by atoms with Gasteiger partial charge in [0.05, 0.1) is 16.6 Å². The average Bonchev–Trinajstić information content (AvgIpc) is 2.74. The fourth-order valence-corrected chi connectivity index (χ4v) is 2.01. The lowest BCUT2D eigenvalue weighted by atomic mass is 10.3. The van der Waals surface area contributed by atoms with Crippen molar-refractivity contribution in [1.82, 2.24) is 14.8 Å². The fraction of sp³-hybridized carbons (Fsp3) is 0.143. The van der Waals surface area contributed by atoms with Crippen molar-refractivity contribution >= 4 is 40.2 Å². The van der Waals surface area contributed by atoms with E-state index in [1.54, 1.807) is 10.9 Å². The Hall–Kier alpha value is -1.39. The molecule has 98 valence electrons. The third-order valence-electron chi connectivity index (χ3n) is 2.60. The molecule has 0 amide bonds. The average molecular weight is 339 g/mol. The highest BCUT2D eigenvalue weighted by molar-refractivity contribution is 9.12. The van der Waals surface area contributed by atoms with Gasteiger partial charge in [0.2, 0.25) is 0 Å². The third kappa shape index (κ3) is 2.96. The Labute approximate surface area is 125 Å². The van der Waals surface area contributed by atoms with Crippen LogP contribution in [0.15, 0.2) is 28.9 Å². The number of allylic oxidation sites excluding steroid dienone is 2. The minimum absolute atomic E-state index is 0.556. The number of halogens is 2. The summed E-state index contributed by atoms with van der Waals surface area (Å²) in [4.78, 5) is 4.44. The standard InChI is InChI=1S/C14H13BrClN3/c1-4-11(15)7-13-9(2)8-17-19(13)14-12(16)6-5-10(3)18-14/h4-8H,2H2,1,3H3/b11-4+,13-7+. The fourth-order valence-electron chi connectivity index (χ4n) is 1.60. The number of hydrogen-bond donors (Lipinski definition) is 0. The molecule has 3 nitrogen and oxygen atoms in total. The predicted octanol–water partition coefficient (Wildman–Crippen LogP) is 2.72. The zero-order valence-electron chi connectivity index (χ0n) is 10.7. The van der Waals surface area contributed by atoms with Gasteiger partial charge in [0.25, 0.3) is 0 Å². The summed E-state index contributed by atoms with van der Waals surface area (Å²) in [6, 6.07) is 3.68. The summed E-state index contributed by atoms with van der Waals surface area (Å²) in [5, 5.41) is 6.53. The molecule has 0 aliphatic rings. The van der Waals surface area contributed by atoms with Crippen molar-refractivity contribution in [1.29, 1.82) is 0 Å². The number of aromatic nitrogens is 3. The van der Waals surface area contributed by atoms with Crippen LogP contribution in [0.5, 0.6) is 0 Å². The van der Waals surface area contributed by atoms with Crippen molar-refractivity contribution < 1.29 is 0 Å². The predicted molar refractivity (Wildman–Crippen MR) is 83.0 cm³/mol. The Morgan fingerprint density at radius 1 is 1.47 bits per heavy atom. The molecule has 0 atom stereocenters. The van der Waals surface area contributed by atoms with E-state index in [0.29, 0.717) is 10.8 Å². The molecule has 19 heavy (non-hydrogen) atoms. The van der Waals surface area contributed by atoms with Gasteiger partial charge in [-0.25, -0.2) is 9.67 Å². The molecule has 0 fully saturated rings. The Bertz CT molecular complexity index is 747. The molecule has 2 aromatic heterocycles. The molecule has 0 saturated heterocycles. The Kier molecular flexibility index (Phi) is 4.22. The first-order valence-corrected chi connectivity index (χ1v) is 6.90. The molecular formula is C14H13BrClN3. The number of nitrogens with zero attached hydrogens (tertiary/aromatic N) is 3. The molecule has 0 N–H and O–H groups in total. The first-order chi connectivity index (χ1) is 9.02. The molecule has 5 heteroatoms. The SMILES string of the molecule is C=c1cnn(-c2nc(C)ccc2Cl)/c1=C/C(Br)=C\C. The molecule has 0 radical (unpaired) electrons. The number of hydrogen-bond acceptors (Lipinski definition) is 2. The van der Waals surface area contributed by atoms with E-state index in [1.165, 1.54) is 0 Å². The van der Waals surface area contributed by atoms with Crippen LogP contribution in [0.25, 0.3) is 18.5 Å². The molecule has 0 spiro atoms. The number of pyridine rings is 1. The second-order valence-corrected chi connectivity index (χ2v) is 5.37. The Morgan fingerprint density at radius 2 is 2.21 bits per heavy atom. The first kappa shape index (κ1) is 14.0. The lowest BCUT2D eigenvalue weighted by Crippen LogP contribution is -2.28. The van der Waals surface area contributed by atoms with Gasteiger partial charge < -0.3 is 0 Å². The molecule has 0 bridgehead atoms.